The minimum Gasteiger partial charge on any atom is -0.497 e. The van der Waals surface area contributed by atoms with Gasteiger partial charge in [-0.15, -0.1) is 0 Å². The number of urea groups is 1. The van der Waals surface area contributed by atoms with Crippen LogP contribution in [0.4, 0.5) is 10.5 Å². The summed E-state index contributed by atoms with van der Waals surface area (Å²) in [7, 11) is -1.46. The van der Waals surface area contributed by atoms with E-state index in [1.807, 2.05) is 23.1 Å². The van der Waals surface area contributed by atoms with E-state index in [4.69, 9.17) is 4.74 Å². The molecule has 0 spiro atoms. The topological polar surface area (TPSA) is 75.7 Å². The summed E-state index contributed by atoms with van der Waals surface area (Å²) in [5, 5.41) is 2.58. The number of carbonyl (C=O) groups is 1. The van der Waals surface area contributed by atoms with Crippen molar-refractivity contribution in [1.29, 1.82) is 0 Å². The third kappa shape index (κ3) is 3.29. The van der Waals surface area contributed by atoms with Gasteiger partial charge in [0.05, 0.1) is 12.4 Å². The Morgan fingerprint density at radius 1 is 1.26 bits per heavy atom. The zero-order chi connectivity index (χ0) is 16.6. The molecule has 2 fully saturated rings. The highest BCUT2D eigenvalue weighted by Crippen LogP contribution is 2.38. The quantitative estimate of drug-likeness (QED) is 0.917. The van der Waals surface area contributed by atoms with Gasteiger partial charge in [-0.3, -0.25) is 0 Å². The standard InChI is InChI=1S/C16H22N2O4S/c1-22-14-5-3-4-11(8-14)17-16(19)18-12-6-7-13(18)10-15(9-12)23(2,20)21/h3-5,8,12-13,15H,6-7,9-10H2,1-2H3,(H,17,19). The first-order valence-corrected chi connectivity index (χ1v) is 9.76. The van der Waals surface area contributed by atoms with Crippen molar-refractivity contribution in [3.63, 3.8) is 0 Å². The molecule has 0 aromatic heterocycles. The summed E-state index contributed by atoms with van der Waals surface area (Å²) < 4.78 is 28.8. The predicted octanol–water partition coefficient (Wildman–Crippen LogP) is 2.27. The van der Waals surface area contributed by atoms with Crippen molar-refractivity contribution in [3.8, 4) is 5.75 Å². The Morgan fingerprint density at radius 3 is 2.48 bits per heavy atom. The van der Waals surface area contributed by atoms with E-state index in [1.54, 1.807) is 13.2 Å². The fourth-order valence-electron chi connectivity index (χ4n) is 3.70. The number of amides is 2. The Kier molecular flexibility index (Phi) is 4.23. The van der Waals surface area contributed by atoms with Crippen molar-refractivity contribution in [2.24, 2.45) is 0 Å². The van der Waals surface area contributed by atoms with Crippen LogP contribution in [0.15, 0.2) is 24.3 Å². The molecule has 2 bridgehead atoms. The van der Waals surface area contributed by atoms with Crippen LogP contribution in [0.3, 0.4) is 0 Å². The van der Waals surface area contributed by atoms with E-state index >= 15 is 0 Å². The summed E-state index contributed by atoms with van der Waals surface area (Å²) in [4.78, 5) is 14.4. The van der Waals surface area contributed by atoms with Crippen molar-refractivity contribution in [2.45, 2.75) is 43.0 Å². The molecule has 2 heterocycles. The maximum Gasteiger partial charge on any atom is 0.322 e. The average Bonchev–Trinajstić information content (AvgIpc) is 2.76. The number of rotatable bonds is 3. The molecule has 2 amide bonds. The van der Waals surface area contributed by atoms with E-state index in [0.717, 1.165) is 12.8 Å². The van der Waals surface area contributed by atoms with Crippen molar-refractivity contribution in [1.82, 2.24) is 4.90 Å². The molecule has 0 radical (unpaired) electrons. The van der Waals surface area contributed by atoms with Crippen LogP contribution in [0.1, 0.15) is 25.7 Å². The molecule has 1 aromatic carbocycles. The lowest BCUT2D eigenvalue weighted by Gasteiger charge is -2.38. The number of methoxy groups -OCH3 is 1. The van der Waals surface area contributed by atoms with Crippen LogP contribution in [0.25, 0.3) is 0 Å². The first-order valence-electron chi connectivity index (χ1n) is 7.80. The Bertz CT molecular complexity index is 690. The van der Waals surface area contributed by atoms with Crippen LogP contribution in [0.5, 0.6) is 5.75 Å². The fraction of sp³-hybridized carbons (Fsp3) is 0.562. The third-order valence-electron chi connectivity index (χ3n) is 4.85. The number of ether oxygens (including phenoxy) is 1. The second-order valence-corrected chi connectivity index (χ2v) is 8.70. The van der Waals surface area contributed by atoms with Crippen molar-refractivity contribution < 1.29 is 17.9 Å². The molecule has 2 unspecified atom stereocenters. The highest BCUT2D eigenvalue weighted by Gasteiger charge is 2.45. The molecule has 6 nitrogen and oxygen atoms in total. The lowest BCUT2D eigenvalue weighted by Crippen LogP contribution is -2.51. The zero-order valence-corrected chi connectivity index (χ0v) is 14.2. The second kappa shape index (κ2) is 6.03. The molecular weight excluding hydrogens is 316 g/mol. The molecule has 2 saturated heterocycles. The van der Waals surface area contributed by atoms with Gasteiger partial charge in [-0.05, 0) is 37.8 Å². The minimum atomic E-state index is -3.04. The van der Waals surface area contributed by atoms with Gasteiger partial charge >= 0.3 is 6.03 Å². The molecular formula is C16H22N2O4S. The van der Waals surface area contributed by atoms with Gasteiger partial charge in [-0.1, -0.05) is 6.07 Å². The molecule has 2 aliphatic heterocycles. The van der Waals surface area contributed by atoms with E-state index in [2.05, 4.69) is 5.32 Å². The summed E-state index contributed by atoms with van der Waals surface area (Å²) in [6, 6.07) is 7.08. The average molecular weight is 338 g/mol. The summed E-state index contributed by atoms with van der Waals surface area (Å²) in [6.45, 7) is 0. The van der Waals surface area contributed by atoms with Gasteiger partial charge in [0.25, 0.3) is 0 Å². The van der Waals surface area contributed by atoms with E-state index in [1.165, 1.54) is 6.26 Å². The Hall–Kier alpha value is -1.76. The molecule has 3 rings (SSSR count). The molecule has 126 valence electrons. The van der Waals surface area contributed by atoms with Crippen LogP contribution < -0.4 is 10.1 Å². The zero-order valence-electron chi connectivity index (χ0n) is 13.4. The molecule has 2 aliphatic rings. The summed E-state index contributed by atoms with van der Waals surface area (Å²) in [5.74, 6) is 0.682. The third-order valence-corrected chi connectivity index (χ3v) is 6.45. The number of carbonyl (C=O) groups excluding carboxylic acids is 1. The minimum absolute atomic E-state index is 0.0130. The Balaban J connectivity index is 1.71. The molecule has 0 aliphatic carbocycles. The number of piperidine rings is 1. The first-order chi connectivity index (χ1) is 10.9. The molecule has 7 heteroatoms. The monoisotopic (exact) mass is 338 g/mol. The molecule has 23 heavy (non-hydrogen) atoms. The molecule has 1 N–H and O–H groups in total. The number of hydrogen-bond acceptors (Lipinski definition) is 4. The lowest BCUT2D eigenvalue weighted by atomic mass is 10.0. The smallest absolute Gasteiger partial charge is 0.322 e. The highest BCUT2D eigenvalue weighted by molar-refractivity contribution is 7.91. The van der Waals surface area contributed by atoms with E-state index in [9.17, 15) is 13.2 Å². The fourth-order valence-corrected chi connectivity index (χ4v) is 4.84. The van der Waals surface area contributed by atoms with Gasteiger partial charge in [0.1, 0.15) is 15.6 Å². The number of hydrogen-bond donors (Lipinski definition) is 1. The predicted molar refractivity (Wildman–Crippen MR) is 88.5 cm³/mol. The van der Waals surface area contributed by atoms with Gasteiger partial charge in [0.15, 0.2) is 0 Å². The van der Waals surface area contributed by atoms with Gasteiger partial charge in [0, 0.05) is 30.1 Å². The highest BCUT2D eigenvalue weighted by atomic mass is 32.2. The normalized spacial score (nSPS) is 26.9. The molecule has 2 atom stereocenters. The van der Waals surface area contributed by atoms with Crippen LogP contribution in [0, 0.1) is 0 Å². The largest absolute Gasteiger partial charge is 0.497 e. The van der Waals surface area contributed by atoms with Gasteiger partial charge < -0.3 is 15.0 Å². The maximum absolute atomic E-state index is 12.6. The van der Waals surface area contributed by atoms with Gasteiger partial charge in [0.2, 0.25) is 0 Å². The van der Waals surface area contributed by atoms with E-state index in [0.29, 0.717) is 24.3 Å². The summed E-state index contributed by atoms with van der Waals surface area (Å²) >= 11 is 0. The number of anilines is 1. The molecule has 1 aromatic rings. The van der Waals surface area contributed by atoms with E-state index < -0.39 is 9.84 Å². The lowest BCUT2D eigenvalue weighted by molar-refractivity contribution is 0.160. The molecule has 0 saturated carbocycles. The number of fused-ring (bicyclic) bond motifs is 2. The second-order valence-electron chi connectivity index (χ2n) is 6.38. The van der Waals surface area contributed by atoms with Crippen molar-refractivity contribution in [3.05, 3.63) is 24.3 Å². The number of benzene rings is 1. The number of nitrogens with zero attached hydrogens (tertiary/aromatic N) is 1. The first kappa shape index (κ1) is 16.1. The van der Waals surface area contributed by atoms with E-state index in [-0.39, 0.29) is 23.4 Å². The van der Waals surface area contributed by atoms with Crippen LogP contribution in [-0.4, -0.2) is 50.0 Å². The summed E-state index contributed by atoms with van der Waals surface area (Å²) in [5.41, 5.74) is 0.680. The Labute approximate surface area is 136 Å². The van der Waals surface area contributed by atoms with Crippen LogP contribution in [0.2, 0.25) is 0 Å². The summed E-state index contributed by atoms with van der Waals surface area (Å²) in [6.07, 6.45) is 4.13. The SMILES string of the molecule is COc1cccc(NC(=O)N2C3CCC2CC(S(C)(=O)=O)C3)c1. The van der Waals surface area contributed by atoms with Crippen LogP contribution in [-0.2, 0) is 9.84 Å². The number of nitrogens with one attached hydrogen (secondary N) is 1. The van der Waals surface area contributed by atoms with Gasteiger partial charge in [-0.25, -0.2) is 13.2 Å². The maximum atomic E-state index is 12.6. The van der Waals surface area contributed by atoms with Crippen molar-refractivity contribution >= 4 is 21.6 Å². The van der Waals surface area contributed by atoms with Crippen molar-refractivity contribution in [2.75, 3.05) is 18.7 Å². The Morgan fingerprint density at radius 2 is 1.91 bits per heavy atom. The number of sulfone groups is 1. The van der Waals surface area contributed by atoms with Crippen LogP contribution >= 0.6 is 0 Å². The van der Waals surface area contributed by atoms with Gasteiger partial charge in [-0.2, -0.15) is 0 Å².